The number of hydrogen-bond donors (Lipinski definition) is 1. The van der Waals surface area contributed by atoms with Crippen LogP contribution in [-0.4, -0.2) is 23.1 Å². The first-order valence-electron chi connectivity index (χ1n) is 3.60. The molecular weight excluding hydrogens is 291 g/mol. The summed E-state index contributed by atoms with van der Waals surface area (Å²) in [5, 5.41) is 9.29. The zero-order valence-corrected chi connectivity index (χ0v) is 10.1. The molecular formula is C7H13IO3S. The van der Waals surface area contributed by atoms with Crippen LogP contribution < -0.4 is 0 Å². The Hall–Kier alpha value is 0.670. The van der Waals surface area contributed by atoms with Crippen molar-refractivity contribution in [2.75, 3.05) is 0 Å². The lowest BCUT2D eigenvalue weighted by molar-refractivity contribution is -0.110. The van der Waals surface area contributed by atoms with E-state index in [9.17, 15) is 9.90 Å². The second-order valence-corrected chi connectivity index (χ2v) is 4.54. The first kappa shape index (κ1) is 12.7. The van der Waals surface area contributed by atoms with E-state index in [1.165, 1.54) is 9.21 Å². The summed E-state index contributed by atoms with van der Waals surface area (Å²) < 4.78 is 5.27. The number of carbonyl (C=O) groups is 1. The summed E-state index contributed by atoms with van der Waals surface area (Å²) >= 11 is 2.02. The molecule has 0 aliphatic heterocycles. The molecule has 1 N–H and O–H groups in total. The minimum Gasteiger partial charge on any atom is -0.393 e. The van der Waals surface area contributed by atoms with Crippen molar-refractivity contribution in [2.45, 2.75) is 38.4 Å². The maximum atomic E-state index is 10.1. The second kappa shape index (κ2) is 6.17. The Morgan fingerprint density at radius 3 is 2.75 bits per heavy atom. The van der Waals surface area contributed by atoms with Crippen LogP contribution in [0.25, 0.3) is 0 Å². The molecule has 12 heavy (non-hydrogen) atoms. The molecule has 0 saturated carbocycles. The lowest BCUT2D eigenvalue weighted by Gasteiger charge is -2.24. The molecule has 0 aliphatic rings. The molecule has 1 atom stereocenters. The third-order valence-electron chi connectivity index (χ3n) is 1.35. The lowest BCUT2D eigenvalue weighted by Crippen LogP contribution is -2.27. The normalized spacial score (nSPS) is 14.3. The smallest absolute Gasteiger partial charge is 0.122 e. The van der Waals surface area contributed by atoms with Gasteiger partial charge in [-0.1, -0.05) is 0 Å². The number of hydrogen-bond acceptors (Lipinski definition) is 4. The molecule has 72 valence electrons. The molecule has 5 heteroatoms. The monoisotopic (exact) mass is 304 g/mol. The fraction of sp³-hybridized carbons (Fsp3) is 0.857. The molecule has 0 aromatic rings. The predicted molar refractivity (Wildman–Crippen MR) is 58.1 cm³/mol. The van der Waals surface area contributed by atoms with Crippen LogP contribution in [0.3, 0.4) is 0 Å². The molecule has 0 rings (SSSR count). The number of aliphatic hydroxyl groups is 1. The van der Waals surface area contributed by atoms with E-state index in [2.05, 4.69) is 0 Å². The highest BCUT2D eigenvalue weighted by Gasteiger charge is 2.23. The van der Waals surface area contributed by atoms with E-state index in [1.54, 1.807) is 0 Å². The van der Waals surface area contributed by atoms with Crippen molar-refractivity contribution in [1.82, 2.24) is 0 Å². The van der Waals surface area contributed by atoms with Gasteiger partial charge in [0, 0.05) is 34.0 Å². The highest BCUT2D eigenvalue weighted by atomic mass is 127. The van der Waals surface area contributed by atoms with Gasteiger partial charge in [0.05, 0.1) is 20.9 Å². The standard InChI is InChI=1S/C7H13IO3S/c1-7(2,11-12-8)5-6(10)3-4-9/h4,6,10H,3,5H2,1-2H3. The number of halogens is 1. The molecule has 0 spiro atoms. The summed E-state index contributed by atoms with van der Waals surface area (Å²) in [7, 11) is 1.24. The quantitative estimate of drug-likeness (QED) is 0.464. The minimum absolute atomic E-state index is 0.179. The van der Waals surface area contributed by atoms with Gasteiger partial charge in [-0.05, 0) is 13.8 Å². The zero-order chi connectivity index (χ0) is 9.61. The van der Waals surface area contributed by atoms with Crippen LogP contribution in [0.1, 0.15) is 26.7 Å². The fourth-order valence-corrected chi connectivity index (χ4v) is 2.58. The van der Waals surface area contributed by atoms with Crippen molar-refractivity contribution in [3.63, 3.8) is 0 Å². The Balaban J connectivity index is 3.78. The van der Waals surface area contributed by atoms with E-state index in [1.807, 2.05) is 35.1 Å². The largest absolute Gasteiger partial charge is 0.393 e. The molecule has 0 aromatic carbocycles. The number of aliphatic hydroxyl groups excluding tert-OH is 1. The first-order valence-corrected chi connectivity index (χ1v) is 6.88. The Bertz CT molecular complexity index is 141. The van der Waals surface area contributed by atoms with Crippen LogP contribution in [0.5, 0.6) is 0 Å². The maximum Gasteiger partial charge on any atom is 0.122 e. The van der Waals surface area contributed by atoms with Crippen molar-refractivity contribution in [3.8, 4) is 0 Å². The van der Waals surface area contributed by atoms with Crippen LogP contribution in [0, 0.1) is 0 Å². The lowest BCUT2D eigenvalue weighted by atomic mass is 10.00. The first-order chi connectivity index (χ1) is 5.52. The van der Waals surface area contributed by atoms with Crippen molar-refractivity contribution < 1.29 is 14.1 Å². The zero-order valence-electron chi connectivity index (χ0n) is 7.12. The van der Waals surface area contributed by atoms with E-state index < -0.39 is 6.10 Å². The third-order valence-corrected chi connectivity index (χ3v) is 2.41. The molecule has 0 amide bonds. The van der Waals surface area contributed by atoms with Crippen molar-refractivity contribution in [2.24, 2.45) is 0 Å². The highest BCUT2D eigenvalue weighted by molar-refractivity contribution is 14.2. The fourth-order valence-electron chi connectivity index (χ4n) is 0.881. The van der Waals surface area contributed by atoms with E-state index in [0.717, 1.165) is 6.29 Å². The van der Waals surface area contributed by atoms with Crippen LogP contribution >= 0.6 is 30.4 Å². The number of rotatable bonds is 6. The second-order valence-electron chi connectivity index (χ2n) is 3.17. The van der Waals surface area contributed by atoms with Gasteiger partial charge < -0.3 is 9.90 Å². The molecule has 3 nitrogen and oxygen atoms in total. The van der Waals surface area contributed by atoms with Crippen LogP contribution in [-0.2, 0) is 8.98 Å². The molecule has 0 saturated heterocycles. The molecule has 0 aliphatic carbocycles. The van der Waals surface area contributed by atoms with Crippen molar-refractivity contribution >= 4 is 36.7 Å². The Labute approximate surface area is 89.0 Å². The topological polar surface area (TPSA) is 46.5 Å². The van der Waals surface area contributed by atoms with Crippen molar-refractivity contribution in [3.05, 3.63) is 0 Å². The Morgan fingerprint density at radius 1 is 1.75 bits per heavy atom. The van der Waals surface area contributed by atoms with Gasteiger partial charge in [0.25, 0.3) is 0 Å². The number of aldehydes is 1. The van der Waals surface area contributed by atoms with E-state index in [4.69, 9.17) is 4.18 Å². The van der Waals surface area contributed by atoms with Gasteiger partial charge in [-0.3, -0.25) is 4.18 Å². The summed E-state index contributed by atoms with van der Waals surface area (Å²) in [6.07, 6.45) is 0.777. The molecule has 1 unspecified atom stereocenters. The van der Waals surface area contributed by atoms with Gasteiger partial charge in [0.1, 0.15) is 6.29 Å². The molecule has 0 heterocycles. The minimum atomic E-state index is -0.596. The average Bonchev–Trinajstić information content (AvgIpc) is 1.85. The Kier molecular flexibility index (Phi) is 6.52. The SMILES string of the molecule is CC(C)(CC(O)CC=O)OSI. The summed E-state index contributed by atoms with van der Waals surface area (Å²) in [5.41, 5.74) is -0.381. The van der Waals surface area contributed by atoms with Crippen LogP contribution in [0.15, 0.2) is 0 Å². The Morgan fingerprint density at radius 2 is 2.33 bits per heavy atom. The van der Waals surface area contributed by atoms with Gasteiger partial charge in [-0.2, -0.15) is 0 Å². The molecule has 0 bridgehead atoms. The summed E-state index contributed by atoms with van der Waals surface area (Å²) in [5.74, 6) is 0. The summed E-state index contributed by atoms with van der Waals surface area (Å²) in [6.45, 7) is 3.76. The highest BCUT2D eigenvalue weighted by Crippen LogP contribution is 2.27. The maximum absolute atomic E-state index is 10.1. The predicted octanol–water partition coefficient (Wildman–Crippen LogP) is 2.12. The van der Waals surface area contributed by atoms with Gasteiger partial charge in [-0.25, -0.2) is 0 Å². The van der Waals surface area contributed by atoms with E-state index in [-0.39, 0.29) is 12.0 Å². The van der Waals surface area contributed by atoms with Gasteiger partial charge >= 0.3 is 0 Å². The average molecular weight is 304 g/mol. The van der Waals surface area contributed by atoms with E-state index in [0.29, 0.717) is 6.42 Å². The number of carbonyl (C=O) groups excluding carboxylic acids is 1. The third kappa shape index (κ3) is 6.22. The summed E-state index contributed by atoms with van der Waals surface area (Å²) in [6, 6.07) is 0. The molecule has 0 fully saturated rings. The van der Waals surface area contributed by atoms with Crippen molar-refractivity contribution in [1.29, 1.82) is 0 Å². The van der Waals surface area contributed by atoms with Gasteiger partial charge in [0.15, 0.2) is 0 Å². The molecule has 0 aromatic heterocycles. The van der Waals surface area contributed by atoms with E-state index >= 15 is 0 Å². The van der Waals surface area contributed by atoms with Gasteiger partial charge in [-0.15, -0.1) is 0 Å². The van der Waals surface area contributed by atoms with Crippen LogP contribution in [0.2, 0.25) is 0 Å². The van der Waals surface area contributed by atoms with Crippen LogP contribution in [0.4, 0.5) is 0 Å². The van der Waals surface area contributed by atoms with Gasteiger partial charge in [0.2, 0.25) is 0 Å². The summed E-state index contributed by atoms with van der Waals surface area (Å²) in [4.78, 5) is 10.1. The molecule has 0 radical (unpaired) electrons.